The lowest BCUT2D eigenvalue weighted by molar-refractivity contribution is -0.135. The summed E-state index contributed by atoms with van der Waals surface area (Å²) in [6, 6.07) is 15.5. The van der Waals surface area contributed by atoms with Gasteiger partial charge in [0, 0.05) is 23.7 Å². The summed E-state index contributed by atoms with van der Waals surface area (Å²) >= 11 is 1.20. The van der Waals surface area contributed by atoms with Gasteiger partial charge in [-0.15, -0.1) is 11.8 Å². The van der Waals surface area contributed by atoms with Crippen molar-refractivity contribution in [3.63, 3.8) is 0 Å². The van der Waals surface area contributed by atoms with E-state index >= 15 is 0 Å². The topological polar surface area (TPSA) is 99.5 Å². The highest BCUT2D eigenvalue weighted by atomic mass is 32.2. The van der Waals surface area contributed by atoms with E-state index in [-0.39, 0.29) is 24.2 Å². The van der Waals surface area contributed by atoms with Gasteiger partial charge in [-0.1, -0.05) is 18.2 Å². The largest absolute Gasteiger partial charge is 0.452 e. The summed E-state index contributed by atoms with van der Waals surface area (Å²) < 4.78 is 5.24. The van der Waals surface area contributed by atoms with Crippen molar-refractivity contribution in [1.29, 1.82) is 5.26 Å². The van der Waals surface area contributed by atoms with Crippen LogP contribution in [0.15, 0.2) is 53.4 Å². The molecule has 1 aliphatic rings. The van der Waals surface area contributed by atoms with Crippen LogP contribution in [-0.2, 0) is 14.3 Å². The monoisotopic (exact) mass is 437 g/mol. The zero-order valence-electron chi connectivity index (χ0n) is 17.0. The molecule has 1 fully saturated rings. The van der Waals surface area contributed by atoms with E-state index in [0.29, 0.717) is 34.8 Å². The van der Waals surface area contributed by atoms with E-state index in [1.807, 2.05) is 6.07 Å². The van der Waals surface area contributed by atoms with Gasteiger partial charge in [-0.05, 0) is 49.6 Å². The number of anilines is 1. The molecule has 3 rings (SSSR count). The molecule has 0 radical (unpaired) electrons. The average Bonchev–Trinajstić information content (AvgIpc) is 2.81. The van der Waals surface area contributed by atoms with Crippen LogP contribution in [0.5, 0.6) is 0 Å². The SMILES string of the molecule is N#Cc1cccc(NC(=O)CSc2ccccc2C(=O)OCC(=O)N2CCCCC2)c1. The summed E-state index contributed by atoms with van der Waals surface area (Å²) in [5.74, 6) is -0.954. The van der Waals surface area contributed by atoms with E-state index in [4.69, 9.17) is 10.00 Å². The number of hydrogen-bond acceptors (Lipinski definition) is 6. The fraction of sp³-hybridized carbons (Fsp3) is 0.304. The quantitative estimate of drug-likeness (QED) is 0.526. The van der Waals surface area contributed by atoms with Crippen LogP contribution in [0.1, 0.15) is 35.2 Å². The van der Waals surface area contributed by atoms with Crippen LogP contribution >= 0.6 is 11.8 Å². The number of nitriles is 1. The first-order valence-corrected chi connectivity index (χ1v) is 11.0. The highest BCUT2D eigenvalue weighted by molar-refractivity contribution is 8.00. The maximum absolute atomic E-state index is 12.5. The molecular weight excluding hydrogens is 414 g/mol. The average molecular weight is 438 g/mol. The Morgan fingerprint density at radius 2 is 1.84 bits per heavy atom. The van der Waals surface area contributed by atoms with E-state index in [1.165, 1.54) is 11.8 Å². The molecule has 2 aromatic carbocycles. The number of carbonyl (C=O) groups excluding carboxylic acids is 3. The smallest absolute Gasteiger partial charge is 0.339 e. The van der Waals surface area contributed by atoms with Gasteiger partial charge in [0.05, 0.1) is 22.9 Å². The lowest BCUT2D eigenvalue weighted by Crippen LogP contribution is -2.38. The van der Waals surface area contributed by atoms with Crippen molar-refractivity contribution >= 4 is 35.2 Å². The molecule has 1 saturated heterocycles. The molecule has 1 aliphatic heterocycles. The summed E-state index contributed by atoms with van der Waals surface area (Å²) in [6.07, 6.45) is 3.07. The third-order valence-electron chi connectivity index (χ3n) is 4.78. The van der Waals surface area contributed by atoms with Crippen molar-refractivity contribution in [2.24, 2.45) is 0 Å². The minimum atomic E-state index is -0.587. The standard InChI is InChI=1S/C23H23N3O4S/c24-14-17-7-6-8-18(13-17)25-21(27)16-31-20-10-3-2-9-19(20)23(29)30-15-22(28)26-11-4-1-5-12-26/h2-3,6-10,13H,1,4-5,11-12,15-16H2,(H,25,27). The van der Waals surface area contributed by atoms with Gasteiger partial charge in [0.15, 0.2) is 6.61 Å². The lowest BCUT2D eigenvalue weighted by Gasteiger charge is -2.26. The second-order valence-electron chi connectivity index (χ2n) is 7.04. The molecule has 8 heteroatoms. The number of nitrogens with zero attached hydrogens (tertiary/aromatic N) is 2. The number of nitrogens with one attached hydrogen (secondary N) is 1. The number of carbonyl (C=O) groups is 3. The van der Waals surface area contributed by atoms with Gasteiger partial charge in [0.1, 0.15) is 0 Å². The van der Waals surface area contributed by atoms with Crippen LogP contribution in [0.4, 0.5) is 5.69 Å². The Kier molecular flexibility index (Phi) is 8.07. The summed E-state index contributed by atoms with van der Waals surface area (Å²) in [5.41, 5.74) is 1.31. The Bertz CT molecular complexity index is 996. The first-order valence-electron chi connectivity index (χ1n) is 10.0. The van der Waals surface area contributed by atoms with Crippen molar-refractivity contribution in [2.75, 3.05) is 30.8 Å². The minimum Gasteiger partial charge on any atom is -0.452 e. The molecule has 31 heavy (non-hydrogen) atoms. The molecule has 2 amide bonds. The third-order valence-corrected chi connectivity index (χ3v) is 5.85. The van der Waals surface area contributed by atoms with Gasteiger partial charge in [-0.25, -0.2) is 4.79 Å². The van der Waals surface area contributed by atoms with Gasteiger partial charge in [-0.3, -0.25) is 9.59 Å². The highest BCUT2D eigenvalue weighted by Gasteiger charge is 2.20. The number of benzene rings is 2. The van der Waals surface area contributed by atoms with Gasteiger partial charge in [-0.2, -0.15) is 5.26 Å². The van der Waals surface area contributed by atoms with Crippen LogP contribution in [0.25, 0.3) is 0 Å². The first kappa shape index (κ1) is 22.4. The van der Waals surface area contributed by atoms with Crippen LogP contribution in [0.2, 0.25) is 0 Å². The Morgan fingerprint density at radius 1 is 1.06 bits per heavy atom. The van der Waals surface area contributed by atoms with E-state index in [2.05, 4.69) is 5.32 Å². The maximum atomic E-state index is 12.5. The van der Waals surface area contributed by atoms with Gasteiger partial charge >= 0.3 is 5.97 Å². The van der Waals surface area contributed by atoms with Gasteiger partial charge < -0.3 is 15.0 Å². The number of ether oxygens (including phenoxy) is 1. The van der Waals surface area contributed by atoms with E-state index in [1.54, 1.807) is 53.4 Å². The third kappa shape index (κ3) is 6.59. The highest BCUT2D eigenvalue weighted by Crippen LogP contribution is 2.24. The van der Waals surface area contributed by atoms with E-state index < -0.39 is 5.97 Å². The van der Waals surface area contributed by atoms with Gasteiger partial charge in [0.2, 0.25) is 5.91 Å². The molecule has 160 valence electrons. The Labute approximate surface area is 185 Å². The molecule has 2 aromatic rings. The molecule has 0 spiro atoms. The van der Waals surface area contributed by atoms with Crippen molar-refractivity contribution in [3.8, 4) is 6.07 Å². The van der Waals surface area contributed by atoms with E-state index in [0.717, 1.165) is 19.3 Å². The number of rotatable bonds is 7. The number of esters is 1. The Balaban J connectivity index is 1.54. The van der Waals surface area contributed by atoms with Crippen molar-refractivity contribution in [1.82, 2.24) is 4.90 Å². The zero-order chi connectivity index (χ0) is 22.1. The molecular formula is C23H23N3O4S. The fourth-order valence-corrected chi connectivity index (χ4v) is 4.05. The molecule has 0 aliphatic carbocycles. The summed E-state index contributed by atoms with van der Waals surface area (Å²) in [6.45, 7) is 1.12. The summed E-state index contributed by atoms with van der Waals surface area (Å²) in [4.78, 5) is 39.3. The van der Waals surface area contributed by atoms with Crippen molar-refractivity contribution in [2.45, 2.75) is 24.2 Å². The summed E-state index contributed by atoms with van der Waals surface area (Å²) in [7, 11) is 0. The second-order valence-corrected chi connectivity index (χ2v) is 8.06. The number of piperidine rings is 1. The summed E-state index contributed by atoms with van der Waals surface area (Å²) in [5, 5.41) is 11.7. The Hall–Kier alpha value is -3.31. The van der Waals surface area contributed by atoms with Crippen LogP contribution in [0, 0.1) is 11.3 Å². The maximum Gasteiger partial charge on any atom is 0.339 e. The van der Waals surface area contributed by atoms with Crippen molar-refractivity contribution < 1.29 is 19.1 Å². The second kappa shape index (κ2) is 11.2. The van der Waals surface area contributed by atoms with Crippen LogP contribution < -0.4 is 5.32 Å². The normalized spacial score (nSPS) is 13.2. The first-order chi connectivity index (χ1) is 15.1. The predicted octanol–water partition coefficient (Wildman–Crippen LogP) is 3.46. The van der Waals surface area contributed by atoms with Crippen LogP contribution in [0.3, 0.4) is 0 Å². The number of amides is 2. The number of likely N-dealkylation sites (tertiary alicyclic amines) is 1. The molecule has 1 N–H and O–H groups in total. The van der Waals surface area contributed by atoms with Crippen LogP contribution in [-0.4, -0.2) is 48.1 Å². The Morgan fingerprint density at radius 3 is 2.61 bits per heavy atom. The van der Waals surface area contributed by atoms with Crippen molar-refractivity contribution in [3.05, 3.63) is 59.7 Å². The predicted molar refractivity (Wildman–Crippen MR) is 118 cm³/mol. The number of thioether (sulfide) groups is 1. The van der Waals surface area contributed by atoms with E-state index in [9.17, 15) is 14.4 Å². The lowest BCUT2D eigenvalue weighted by atomic mass is 10.1. The fourth-order valence-electron chi connectivity index (χ4n) is 3.21. The molecule has 0 saturated carbocycles. The number of hydrogen-bond donors (Lipinski definition) is 1. The molecule has 7 nitrogen and oxygen atoms in total. The molecule has 0 unspecified atom stereocenters. The zero-order valence-corrected chi connectivity index (χ0v) is 17.8. The molecule has 0 bridgehead atoms. The molecule has 0 aromatic heterocycles. The molecule has 1 heterocycles. The minimum absolute atomic E-state index is 0.0772. The van der Waals surface area contributed by atoms with Gasteiger partial charge in [0.25, 0.3) is 5.91 Å². The molecule has 0 atom stereocenters.